The fourth-order valence-electron chi connectivity index (χ4n) is 1.89. The maximum absolute atomic E-state index is 5.97. The van der Waals surface area contributed by atoms with Gasteiger partial charge in [-0.3, -0.25) is 0 Å². The lowest BCUT2D eigenvalue weighted by Gasteiger charge is -1.98. The highest BCUT2D eigenvalue weighted by Crippen LogP contribution is 2.28. The summed E-state index contributed by atoms with van der Waals surface area (Å²) in [4.78, 5) is 4.43. The Morgan fingerprint density at radius 2 is 2.00 bits per heavy atom. The Morgan fingerprint density at radius 3 is 2.78 bits per heavy atom. The number of nitrogens with two attached hydrogens (primary N) is 1. The van der Waals surface area contributed by atoms with Crippen molar-refractivity contribution in [2.45, 2.75) is 6.92 Å². The summed E-state index contributed by atoms with van der Waals surface area (Å²) in [6, 6.07) is 11.2. The molecule has 0 unspecified atom stereocenters. The largest absolute Gasteiger partial charge is 0.436 e. The van der Waals surface area contributed by atoms with E-state index in [-0.39, 0.29) is 0 Å². The molecule has 2 N–H and O–H groups in total. The van der Waals surface area contributed by atoms with Gasteiger partial charge in [-0.15, -0.1) is 0 Å². The van der Waals surface area contributed by atoms with Gasteiger partial charge >= 0.3 is 0 Å². The van der Waals surface area contributed by atoms with Gasteiger partial charge in [-0.05, 0) is 42.8 Å². The number of hydrogen-bond donors (Lipinski definition) is 1. The van der Waals surface area contributed by atoms with E-state index in [0.29, 0.717) is 16.6 Å². The van der Waals surface area contributed by atoms with Crippen molar-refractivity contribution in [3.63, 3.8) is 0 Å². The van der Waals surface area contributed by atoms with E-state index in [1.165, 1.54) is 0 Å². The van der Waals surface area contributed by atoms with Crippen molar-refractivity contribution in [2.24, 2.45) is 0 Å². The fourth-order valence-corrected chi connectivity index (χ4v) is 2.13. The second kappa shape index (κ2) is 4.03. The Kier molecular flexibility index (Phi) is 2.49. The van der Waals surface area contributed by atoms with Gasteiger partial charge in [0.2, 0.25) is 5.89 Å². The quantitative estimate of drug-likeness (QED) is 0.670. The Labute approximate surface area is 109 Å². The first-order valence-electron chi connectivity index (χ1n) is 5.55. The second-order valence-corrected chi connectivity index (χ2v) is 4.70. The van der Waals surface area contributed by atoms with Crippen LogP contribution in [-0.2, 0) is 0 Å². The first-order chi connectivity index (χ1) is 8.61. The molecule has 4 heteroatoms. The molecular weight excluding hydrogens is 248 g/mol. The maximum atomic E-state index is 5.97. The van der Waals surface area contributed by atoms with Crippen LogP contribution in [0.4, 0.5) is 5.69 Å². The maximum Gasteiger partial charge on any atom is 0.227 e. The summed E-state index contributed by atoms with van der Waals surface area (Å²) in [5, 5.41) is 0.573. The number of rotatable bonds is 1. The molecule has 3 rings (SSSR count). The van der Waals surface area contributed by atoms with Gasteiger partial charge in [0.1, 0.15) is 5.52 Å². The molecule has 0 radical (unpaired) electrons. The first kappa shape index (κ1) is 11.1. The number of nitrogens with zero attached hydrogens (tertiary/aromatic N) is 1. The predicted octanol–water partition coefficient (Wildman–Crippen LogP) is 4.04. The Morgan fingerprint density at radius 1 is 1.17 bits per heavy atom. The zero-order valence-electron chi connectivity index (χ0n) is 9.77. The molecule has 18 heavy (non-hydrogen) atoms. The molecule has 0 bridgehead atoms. The van der Waals surface area contributed by atoms with Crippen molar-refractivity contribution < 1.29 is 4.42 Å². The topological polar surface area (TPSA) is 52.0 Å². The van der Waals surface area contributed by atoms with Crippen LogP contribution in [0.15, 0.2) is 40.8 Å². The molecule has 0 atom stereocenters. The van der Waals surface area contributed by atoms with Gasteiger partial charge < -0.3 is 10.2 Å². The minimum atomic E-state index is 0.532. The summed E-state index contributed by atoms with van der Waals surface area (Å²) in [5.41, 5.74) is 9.87. The van der Waals surface area contributed by atoms with Crippen molar-refractivity contribution in [1.29, 1.82) is 0 Å². The average molecular weight is 259 g/mol. The van der Waals surface area contributed by atoms with Crippen molar-refractivity contribution >= 4 is 28.4 Å². The molecule has 3 nitrogen and oxygen atoms in total. The van der Waals surface area contributed by atoms with Gasteiger partial charge in [-0.25, -0.2) is 4.98 Å². The van der Waals surface area contributed by atoms with Crippen molar-refractivity contribution in [2.75, 3.05) is 5.73 Å². The summed E-state index contributed by atoms with van der Waals surface area (Å²) in [7, 11) is 0. The van der Waals surface area contributed by atoms with Gasteiger partial charge in [0.25, 0.3) is 0 Å². The standard InChI is InChI=1S/C14H11ClN2O/c1-8-2-3-12-13(4-8)18-14(17-12)9-5-10(15)7-11(16)6-9/h2-7H,16H2,1H3. The SMILES string of the molecule is Cc1ccc2nc(-c3cc(N)cc(Cl)c3)oc2c1. The smallest absolute Gasteiger partial charge is 0.227 e. The zero-order valence-corrected chi connectivity index (χ0v) is 10.5. The van der Waals surface area contributed by atoms with Crippen molar-refractivity contribution in [3.8, 4) is 11.5 Å². The molecule has 0 aliphatic carbocycles. The zero-order chi connectivity index (χ0) is 12.7. The molecule has 3 aromatic rings. The highest BCUT2D eigenvalue weighted by atomic mass is 35.5. The Bertz CT molecular complexity index is 713. The molecule has 0 fully saturated rings. The van der Waals surface area contributed by atoms with E-state index < -0.39 is 0 Å². The molecule has 2 aromatic carbocycles. The van der Waals surface area contributed by atoms with E-state index in [4.69, 9.17) is 21.8 Å². The van der Waals surface area contributed by atoms with E-state index in [9.17, 15) is 0 Å². The van der Waals surface area contributed by atoms with Crippen molar-refractivity contribution in [3.05, 3.63) is 47.0 Å². The highest BCUT2D eigenvalue weighted by molar-refractivity contribution is 6.31. The molecule has 0 saturated carbocycles. The van der Waals surface area contributed by atoms with Crippen LogP contribution < -0.4 is 5.73 Å². The third-order valence-electron chi connectivity index (χ3n) is 2.71. The van der Waals surface area contributed by atoms with Crippen LogP contribution in [-0.4, -0.2) is 4.98 Å². The van der Waals surface area contributed by atoms with Crippen molar-refractivity contribution in [1.82, 2.24) is 4.98 Å². The second-order valence-electron chi connectivity index (χ2n) is 4.26. The van der Waals surface area contributed by atoms with Crippen LogP contribution in [0.1, 0.15) is 5.56 Å². The highest BCUT2D eigenvalue weighted by Gasteiger charge is 2.09. The van der Waals surface area contributed by atoms with Gasteiger partial charge in [0, 0.05) is 16.3 Å². The predicted molar refractivity (Wildman–Crippen MR) is 73.6 cm³/mol. The fraction of sp³-hybridized carbons (Fsp3) is 0.0714. The Balaban J connectivity index is 2.19. The van der Waals surface area contributed by atoms with Crippen LogP contribution in [0.25, 0.3) is 22.6 Å². The summed E-state index contributed by atoms with van der Waals surface area (Å²) in [6.07, 6.45) is 0. The van der Waals surface area contributed by atoms with E-state index in [1.807, 2.05) is 25.1 Å². The van der Waals surface area contributed by atoms with Crippen LogP contribution >= 0.6 is 11.6 Å². The molecular formula is C14H11ClN2O. The van der Waals surface area contributed by atoms with E-state index in [0.717, 1.165) is 22.2 Å². The first-order valence-corrected chi connectivity index (χ1v) is 5.93. The molecule has 1 heterocycles. The lowest BCUT2D eigenvalue weighted by atomic mass is 10.2. The van der Waals surface area contributed by atoms with E-state index >= 15 is 0 Å². The number of fused-ring (bicyclic) bond motifs is 1. The molecule has 1 aromatic heterocycles. The van der Waals surface area contributed by atoms with Gasteiger partial charge in [-0.1, -0.05) is 17.7 Å². The summed E-state index contributed by atoms with van der Waals surface area (Å²) < 4.78 is 5.72. The third-order valence-corrected chi connectivity index (χ3v) is 2.93. The summed E-state index contributed by atoms with van der Waals surface area (Å²) >= 11 is 5.97. The lowest BCUT2D eigenvalue weighted by Crippen LogP contribution is -1.86. The number of anilines is 1. The molecule has 90 valence electrons. The van der Waals surface area contributed by atoms with Crippen LogP contribution in [0, 0.1) is 6.92 Å². The molecule has 0 aliphatic rings. The number of halogens is 1. The molecule has 0 amide bonds. The molecule has 0 saturated heterocycles. The monoisotopic (exact) mass is 258 g/mol. The number of oxazole rings is 1. The van der Waals surface area contributed by atoms with Crippen LogP contribution in [0.3, 0.4) is 0 Å². The van der Waals surface area contributed by atoms with Gasteiger partial charge in [-0.2, -0.15) is 0 Å². The minimum absolute atomic E-state index is 0.532. The number of aryl methyl sites for hydroxylation is 1. The van der Waals surface area contributed by atoms with E-state index in [1.54, 1.807) is 18.2 Å². The summed E-state index contributed by atoms with van der Waals surface area (Å²) in [6.45, 7) is 2.01. The van der Waals surface area contributed by atoms with Crippen LogP contribution in [0.2, 0.25) is 5.02 Å². The third kappa shape index (κ3) is 1.93. The lowest BCUT2D eigenvalue weighted by molar-refractivity contribution is 0.619. The Hall–Kier alpha value is -2.00. The molecule has 0 aliphatic heterocycles. The average Bonchev–Trinajstić information content (AvgIpc) is 2.70. The summed E-state index contributed by atoms with van der Waals surface area (Å²) in [5.74, 6) is 0.532. The van der Waals surface area contributed by atoms with Crippen LogP contribution in [0.5, 0.6) is 0 Å². The molecule has 0 spiro atoms. The van der Waals surface area contributed by atoms with Gasteiger partial charge in [0.15, 0.2) is 5.58 Å². The number of benzene rings is 2. The normalized spacial score (nSPS) is 11.0. The van der Waals surface area contributed by atoms with Gasteiger partial charge in [0.05, 0.1) is 0 Å². The number of hydrogen-bond acceptors (Lipinski definition) is 3. The number of aromatic nitrogens is 1. The van der Waals surface area contributed by atoms with E-state index in [2.05, 4.69) is 4.98 Å². The minimum Gasteiger partial charge on any atom is -0.436 e. The number of nitrogen functional groups attached to an aromatic ring is 1.